The summed E-state index contributed by atoms with van der Waals surface area (Å²) in [6, 6.07) is 2.15. The van der Waals surface area contributed by atoms with Crippen molar-refractivity contribution in [3.05, 3.63) is 28.0 Å². The number of ether oxygens (including phenoxy) is 1. The van der Waals surface area contributed by atoms with Gasteiger partial charge < -0.3 is 9.15 Å². The van der Waals surface area contributed by atoms with Gasteiger partial charge in [-0.15, -0.1) is 11.3 Å². The summed E-state index contributed by atoms with van der Waals surface area (Å²) in [5, 5.41) is 0. The van der Waals surface area contributed by atoms with Gasteiger partial charge in [-0.25, -0.2) is 9.78 Å². The molecule has 112 valence electrons. The fraction of sp³-hybridized carbons (Fsp3) is 0.467. The number of hydrogen-bond donors (Lipinski definition) is 0. The average molecular weight is 323 g/mol. The van der Waals surface area contributed by atoms with E-state index in [0.717, 1.165) is 17.1 Å². The van der Waals surface area contributed by atoms with Crippen molar-refractivity contribution >= 4 is 29.1 Å². The van der Waals surface area contributed by atoms with Crippen LogP contribution in [0.15, 0.2) is 10.5 Å². The fourth-order valence-corrected chi connectivity index (χ4v) is 4.60. The monoisotopic (exact) mass is 323 g/mol. The van der Waals surface area contributed by atoms with Crippen LogP contribution in [-0.2, 0) is 23.3 Å². The largest absolute Gasteiger partial charge is 0.460 e. The van der Waals surface area contributed by atoms with E-state index >= 15 is 0 Å². The van der Waals surface area contributed by atoms with Crippen LogP contribution in [0.2, 0.25) is 0 Å². The van der Waals surface area contributed by atoms with Crippen LogP contribution in [0.4, 0.5) is 0 Å². The predicted molar refractivity (Wildman–Crippen MR) is 85.0 cm³/mol. The molecule has 21 heavy (non-hydrogen) atoms. The maximum Gasteiger partial charge on any atom is 0.376 e. The van der Waals surface area contributed by atoms with Gasteiger partial charge in [-0.05, 0) is 37.1 Å². The number of esters is 1. The molecule has 0 N–H and O–H groups in total. The molecule has 0 bridgehead atoms. The zero-order chi connectivity index (χ0) is 14.8. The Labute approximate surface area is 131 Å². The van der Waals surface area contributed by atoms with Crippen molar-refractivity contribution in [3.8, 4) is 10.8 Å². The minimum Gasteiger partial charge on any atom is -0.460 e. The Morgan fingerprint density at radius 3 is 3.05 bits per heavy atom. The number of hydrogen-bond acceptors (Lipinski definition) is 6. The van der Waals surface area contributed by atoms with E-state index in [1.165, 1.54) is 16.2 Å². The second-order valence-electron chi connectivity index (χ2n) is 4.73. The van der Waals surface area contributed by atoms with Gasteiger partial charge in [-0.3, -0.25) is 0 Å². The summed E-state index contributed by atoms with van der Waals surface area (Å²) in [7, 11) is 0. The average Bonchev–Trinajstić information content (AvgIpc) is 3.11. The first-order valence-electron chi connectivity index (χ1n) is 7.09. The third-order valence-corrected chi connectivity index (χ3v) is 5.56. The molecule has 0 aromatic carbocycles. The van der Waals surface area contributed by atoms with Gasteiger partial charge >= 0.3 is 5.97 Å². The molecule has 0 aliphatic carbocycles. The molecule has 6 heteroatoms. The lowest BCUT2D eigenvalue weighted by molar-refractivity contribution is 0.0489. The standard InChI is InChI=1S/C15H17NO3S2/c1-3-10-13(15(17)18-4-2)19-14(16-10)12-7-9-8-20-6-5-11(9)21-12/h7H,3-6,8H2,1-2H3. The fourth-order valence-electron chi connectivity index (χ4n) is 2.31. The summed E-state index contributed by atoms with van der Waals surface area (Å²) < 4.78 is 10.7. The van der Waals surface area contributed by atoms with E-state index in [1.54, 1.807) is 18.3 Å². The van der Waals surface area contributed by atoms with E-state index in [2.05, 4.69) is 11.1 Å². The van der Waals surface area contributed by atoms with Crippen LogP contribution in [-0.4, -0.2) is 23.3 Å². The lowest BCUT2D eigenvalue weighted by atomic mass is 10.2. The molecule has 0 saturated carbocycles. The van der Waals surface area contributed by atoms with Gasteiger partial charge in [-0.2, -0.15) is 11.8 Å². The highest BCUT2D eigenvalue weighted by molar-refractivity contribution is 7.98. The van der Waals surface area contributed by atoms with Crippen LogP contribution in [0.5, 0.6) is 0 Å². The predicted octanol–water partition coefficient (Wildman–Crippen LogP) is 3.93. The Bertz CT molecular complexity index is 636. The molecule has 0 fully saturated rings. The van der Waals surface area contributed by atoms with E-state index in [9.17, 15) is 4.79 Å². The van der Waals surface area contributed by atoms with Crippen molar-refractivity contribution in [2.45, 2.75) is 32.4 Å². The molecule has 1 aliphatic heterocycles. The minimum absolute atomic E-state index is 0.245. The SMILES string of the molecule is CCOC(=O)c1oc(-c2cc3c(s2)CCSC3)nc1CC. The highest BCUT2D eigenvalue weighted by Gasteiger charge is 2.23. The Morgan fingerprint density at radius 2 is 2.33 bits per heavy atom. The molecule has 0 radical (unpaired) electrons. The van der Waals surface area contributed by atoms with Gasteiger partial charge in [0.15, 0.2) is 0 Å². The van der Waals surface area contributed by atoms with E-state index < -0.39 is 5.97 Å². The van der Waals surface area contributed by atoms with Crippen LogP contribution in [0, 0.1) is 0 Å². The lowest BCUT2D eigenvalue weighted by Crippen LogP contribution is -2.05. The van der Waals surface area contributed by atoms with Crippen molar-refractivity contribution in [1.29, 1.82) is 0 Å². The van der Waals surface area contributed by atoms with Gasteiger partial charge in [0.05, 0.1) is 17.2 Å². The normalized spacial score (nSPS) is 14.0. The van der Waals surface area contributed by atoms with E-state index in [0.29, 0.717) is 24.6 Å². The van der Waals surface area contributed by atoms with Crippen LogP contribution in [0.25, 0.3) is 10.8 Å². The number of carbonyl (C=O) groups is 1. The Morgan fingerprint density at radius 1 is 1.48 bits per heavy atom. The second-order valence-corrected chi connectivity index (χ2v) is 6.97. The molecule has 3 rings (SSSR count). The lowest BCUT2D eigenvalue weighted by Gasteiger charge is -2.08. The number of thiophene rings is 1. The van der Waals surface area contributed by atoms with E-state index in [1.807, 2.05) is 18.7 Å². The number of aryl methyl sites for hydroxylation is 2. The van der Waals surface area contributed by atoms with Crippen LogP contribution in [0.1, 0.15) is 40.5 Å². The second kappa shape index (κ2) is 6.23. The maximum atomic E-state index is 11.9. The first-order chi connectivity index (χ1) is 10.2. The Kier molecular flexibility index (Phi) is 4.35. The highest BCUT2D eigenvalue weighted by Crippen LogP contribution is 2.37. The molecule has 3 heterocycles. The number of aromatic nitrogens is 1. The smallest absolute Gasteiger partial charge is 0.376 e. The van der Waals surface area contributed by atoms with Crippen molar-refractivity contribution in [3.63, 3.8) is 0 Å². The number of oxazole rings is 1. The first kappa shape index (κ1) is 14.7. The zero-order valence-electron chi connectivity index (χ0n) is 12.1. The van der Waals surface area contributed by atoms with E-state index in [4.69, 9.17) is 9.15 Å². The molecular weight excluding hydrogens is 306 g/mol. The summed E-state index contributed by atoms with van der Waals surface area (Å²) in [4.78, 5) is 18.8. The van der Waals surface area contributed by atoms with Crippen molar-refractivity contribution in [2.75, 3.05) is 12.4 Å². The summed E-state index contributed by atoms with van der Waals surface area (Å²) >= 11 is 3.68. The molecule has 0 saturated heterocycles. The van der Waals surface area contributed by atoms with Gasteiger partial charge in [0, 0.05) is 10.6 Å². The minimum atomic E-state index is -0.426. The van der Waals surface area contributed by atoms with Gasteiger partial charge in [0.1, 0.15) is 0 Å². The van der Waals surface area contributed by atoms with Gasteiger partial charge in [0.2, 0.25) is 11.7 Å². The van der Waals surface area contributed by atoms with Crippen molar-refractivity contribution < 1.29 is 13.9 Å². The molecule has 4 nitrogen and oxygen atoms in total. The Hall–Kier alpha value is -1.27. The van der Waals surface area contributed by atoms with Crippen molar-refractivity contribution in [1.82, 2.24) is 4.98 Å². The number of carbonyl (C=O) groups excluding carboxylic acids is 1. The van der Waals surface area contributed by atoms with Gasteiger partial charge in [-0.1, -0.05) is 6.92 Å². The van der Waals surface area contributed by atoms with Crippen molar-refractivity contribution in [2.24, 2.45) is 0 Å². The van der Waals surface area contributed by atoms with Crippen LogP contribution in [0.3, 0.4) is 0 Å². The first-order valence-corrected chi connectivity index (χ1v) is 9.06. The molecule has 1 aliphatic rings. The number of thioether (sulfide) groups is 1. The van der Waals surface area contributed by atoms with E-state index in [-0.39, 0.29) is 5.76 Å². The van der Waals surface area contributed by atoms with Crippen LogP contribution >= 0.6 is 23.1 Å². The third-order valence-electron chi connectivity index (χ3n) is 3.33. The van der Waals surface area contributed by atoms with Gasteiger partial charge in [0.25, 0.3) is 0 Å². The number of nitrogens with zero attached hydrogens (tertiary/aromatic N) is 1. The molecule has 2 aromatic heterocycles. The number of fused-ring (bicyclic) bond motifs is 1. The zero-order valence-corrected chi connectivity index (χ0v) is 13.7. The molecule has 0 atom stereocenters. The third kappa shape index (κ3) is 2.87. The summed E-state index contributed by atoms with van der Waals surface area (Å²) in [5.74, 6) is 2.59. The molecular formula is C15H17NO3S2. The quantitative estimate of drug-likeness (QED) is 0.798. The number of rotatable bonds is 4. The summed E-state index contributed by atoms with van der Waals surface area (Å²) in [5.41, 5.74) is 2.05. The summed E-state index contributed by atoms with van der Waals surface area (Å²) in [6.07, 6.45) is 1.76. The molecule has 0 unspecified atom stereocenters. The highest BCUT2D eigenvalue weighted by atomic mass is 32.2. The Balaban J connectivity index is 1.95. The molecule has 0 amide bonds. The topological polar surface area (TPSA) is 52.3 Å². The van der Waals surface area contributed by atoms with Crippen LogP contribution < -0.4 is 0 Å². The summed E-state index contributed by atoms with van der Waals surface area (Å²) in [6.45, 7) is 4.08. The molecule has 0 spiro atoms. The molecule has 2 aromatic rings. The maximum absolute atomic E-state index is 11.9.